The van der Waals surface area contributed by atoms with Crippen molar-refractivity contribution in [3.8, 4) is 0 Å². The van der Waals surface area contributed by atoms with Gasteiger partial charge in [-0.1, -0.05) is 12.1 Å². The Morgan fingerprint density at radius 3 is 2.61 bits per heavy atom. The number of amides is 2. The van der Waals surface area contributed by atoms with Gasteiger partial charge in [-0.3, -0.25) is 14.4 Å². The number of anilines is 2. The van der Waals surface area contributed by atoms with Crippen molar-refractivity contribution in [2.45, 2.75) is 26.7 Å². The summed E-state index contributed by atoms with van der Waals surface area (Å²) in [6.45, 7) is 3.55. The fourth-order valence-electron chi connectivity index (χ4n) is 3.03. The Labute approximate surface area is 178 Å². The van der Waals surface area contributed by atoms with Crippen LogP contribution in [0.2, 0.25) is 0 Å². The quantitative estimate of drug-likeness (QED) is 0.632. The van der Waals surface area contributed by atoms with Crippen molar-refractivity contribution in [2.24, 2.45) is 5.92 Å². The van der Waals surface area contributed by atoms with Crippen LogP contribution in [0.25, 0.3) is 0 Å². The molecule has 1 aromatic heterocycles. The van der Waals surface area contributed by atoms with Crippen molar-refractivity contribution in [1.29, 1.82) is 0 Å². The number of carbonyl (C=O) groups is 4. The molecule has 3 rings (SSSR count). The summed E-state index contributed by atoms with van der Waals surface area (Å²) in [5.41, 5.74) is 0.944. The fourth-order valence-corrected chi connectivity index (χ4v) is 3.03. The van der Waals surface area contributed by atoms with Gasteiger partial charge in [0.05, 0.1) is 18.1 Å². The van der Waals surface area contributed by atoms with Crippen molar-refractivity contribution in [1.82, 2.24) is 5.16 Å². The van der Waals surface area contributed by atoms with E-state index in [2.05, 4.69) is 10.5 Å². The first-order chi connectivity index (χ1) is 14.9. The van der Waals surface area contributed by atoms with Gasteiger partial charge in [0.15, 0.2) is 12.4 Å². The molecule has 1 unspecified atom stereocenters. The second-order valence-electron chi connectivity index (χ2n) is 7.07. The molecule has 1 atom stereocenters. The molecule has 2 heterocycles. The average Bonchev–Trinajstić information content (AvgIpc) is 3.35. The lowest BCUT2D eigenvalue weighted by Crippen LogP contribution is -2.28. The summed E-state index contributed by atoms with van der Waals surface area (Å²) in [7, 11) is 0. The zero-order chi connectivity index (χ0) is 22.4. The third kappa shape index (κ3) is 5.68. The first-order valence-corrected chi connectivity index (χ1v) is 9.84. The van der Waals surface area contributed by atoms with Gasteiger partial charge < -0.3 is 24.2 Å². The molecular formula is C21H23N3O7. The zero-order valence-corrected chi connectivity index (χ0v) is 17.3. The molecule has 1 saturated heterocycles. The largest absolute Gasteiger partial charge is 0.462 e. The van der Waals surface area contributed by atoms with E-state index >= 15 is 0 Å². The standard InChI is InChI=1S/C21H23N3O7/c1-3-8-29-20(27)14-4-6-16(7-5-14)24-11-15(10-19(24)26)21(28)30-12-18(25)22-17-9-13(2)31-23-17/h4-7,9,15H,3,8,10-12H2,1-2H3,(H,22,23,25). The second-order valence-corrected chi connectivity index (χ2v) is 7.07. The van der Waals surface area contributed by atoms with Crippen LogP contribution < -0.4 is 10.2 Å². The van der Waals surface area contributed by atoms with Gasteiger partial charge in [-0.25, -0.2) is 4.79 Å². The Balaban J connectivity index is 1.51. The predicted octanol–water partition coefficient (Wildman–Crippen LogP) is 2.08. The minimum absolute atomic E-state index is 0.0246. The van der Waals surface area contributed by atoms with Crippen LogP contribution in [0.3, 0.4) is 0 Å². The maximum absolute atomic E-state index is 12.4. The number of carbonyl (C=O) groups excluding carboxylic acids is 4. The first kappa shape index (κ1) is 22.0. The number of aromatic nitrogens is 1. The van der Waals surface area contributed by atoms with Crippen LogP contribution in [-0.2, 0) is 23.9 Å². The number of aryl methyl sites for hydroxylation is 1. The number of nitrogens with one attached hydrogen (secondary N) is 1. The second kappa shape index (κ2) is 9.88. The summed E-state index contributed by atoms with van der Waals surface area (Å²) in [6.07, 6.45) is 0.703. The zero-order valence-electron chi connectivity index (χ0n) is 17.3. The molecule has 1 fully saturated rings. The Morgan fingerprint density at radius 2 is 1.97 bits per heavy atom. The monoisotopic (exact) mass is 429 g/mol. The van der Waals surface area contributed by atoms with Crippen LogP contribution in [0.4, 0.5) is 11.5 Å². The minimum Gasteiger partial charge on any atom is -0.462 e. The van der Waals surface area contributed by atoms with E-state index in [1.54, 1.807) is 31.2 Å². The summed E-state index contributed by atoms with van der Waals surface area (Å²) in [5, 5.41) is 6.06. The lowest BCUT2D eigenvalue weighted by molar-refractivity contribution is -0.151. The number of hydrogen-bond donors (Lipinski definition) is 1. The smallest absolute Gasteiger partial charge is 0.338 e. The molecule has 0 bridgehead atoms. The van der Waals surface area contributed by atoms with E-state index in [-0.39, 0.29) is 24.7 Å². The summed E-state index contributed by atoms with van der Waals surface area (Å²) in [4.78, 5) is 49.8. The first-order valence-electron chi connectivity index (χ1n) is 9.84. The fraction of sp³-hybridized carbons (Fsp3) is 0.381. The number of nitrogens with zero attached hydrogens (tertiary/aromatic N) is 2. The molecule has 1 aliphatic heterocycles. The highest BCUT2D eigenvalue weighted by molar-refractivity contribution is 6.00. The molecule has 164 valence electrons. The molecule has 2 amide bonds. The van der Waals surface area contributed by atoms with Gasteiger partial charge >= 0.3 is 11.9 Å². The molecule has 0 spiro atoms. The molecule has 0 aliphatic carbocycles. The van der Waals surface area contributed by atoms with E-state index < -0.39 is 30.4 Å². The Morgan fingerprint density at radius 1 is 1.23 bits per heavy atom. The van der Waals surface area contributed by atoms with Crippen molar-refractivity contribution in [3.05, 3.63) is 41.7 Å². The highest BCUT2D eigenvalue weighted by Crippen LogP contribution is 2.26. The predicted molar refractivity (Wildman–Crippen MR) is 108 cm³/mol. The summed E-state index contributed by atoms with van der Waals surface area (Å²) < 4.78 is 14.9. The molecule has 10 nitrogen and oxygen atoms in total. The van der Waals surface area contributed by atoms with E-state index in [1.165, 1.54) is 11.0 Å². The summed E-state index contributed by atoms with van der Waals surface area (Å²) in [6, 6.07) is 7.93. The molecule has 1 aromatic carbocycles. The lowest BCUT2D eigenvalue weighted by atomic mass is 10.1. The molecular weight excluding hydrogens is 406 g/mol. The highest BCUT2D eigenvalue weighted by Gasteiger charge is 2.36. The van der Waals surface area contributed by atoms with Crippen LogP contribution in [0.1, 0.15) is 35.9 Å². The topological polar surface area (TPSA) is 128 Å². The number of benzene rings is 1. The molecule has 0 radical (unpaired) electrons. The van der Waals surface area contributed by atoms with Crippen LogP contribution >= 0.6 is 0 Å². The van der Waals surface area contributed by atoms with Crippen molar-refractivity contribution in [2.75, 3.05) is 30.0 Å². The summed E-state index contributed by atoms with van der Waals surface area (Å²) in [5.74, 6) is -1.81. The van der Waals surface area contributed by atoms with Crippen LogP contribution in [-0.4, -0.2) is 48.7 Å². The van der Waals surface area contributed by atoms with E-state index in [0.29, 0.717) is 23.6 Å². The van der Waals surface area contributed by atoms with Gasteiger partial charge in [-0.15, -0.1) is 0 Å². The Hall–Kier alpha value is -3.69. The summed E-state index contributed by atoms with van der Waals surface area (Å²) >= 11 is 0. The number of esters is 2. The van der Waals surface area contributed by atoms with Gasteiger partial charge in [0, 0.05) is 24.7 Å². The van der Waals surface area contributed by atoms with E-state index in [4.69, 9.17) is 14.0 Å². The normalized spacial score (nSPS) is 15.6. The number of ether oxygens (including phenoxy) is 2. The molecule has 1 aliphatic rings. The third-order valence-corrected chi connectivity index (χ3v) is 4.55. The Kier molecular flexibility index (Phi) is 7.01. The average molecular weight is 429 g/mol. The van der Waals surface area contributed by atoms with E-state index in [9.17, 15) is 19.2 Å². The van der Waals surface area contributed by atoms with Crippen LogP contribution in [0.15, 0.2) is 34.9 Å². The van der Waals surface area contributed by atoms with Crippen LogP contribution in [0, 0.1) is 12.8 Å². The molecule has 10 heteroatoms. The SMILES string of the molecule is CCCOC(=O)c1ccc(N2CC(C(=O)OCC(=O)Nc3cc(C)on3)CC2=O)cc1. The lowest BCUT2D eigenvalue weighted by Gasteiger charge is -2.17. The van der Waals surface area contributed by atoms with Crippen LogP contribution in [0.5, 0.6) is 0 Å². The van der Waals surface area contributed by atoms with Crippen molar-refractivity contribution < 1.29 is 33.2 Å². The maximum Gasteiger partial charge on any atom is 0.338 e. The molecule has 1 N–H and O–H groups in total. The highest BCUT2D eigenvalue weighted by atomic mass is 16.5. The van der Waals surface area contributed by atoms with Gasteiger partial charge in [0.2, 0.25) is 5.91 Å². The van der Waals surface area contributed by atoms with E-state index in [1.807, 2.05) is 6.92 Å². The third-order valence-electron chi connectivity index (χ3n) is 4.55. The molecule has 0 saturated carbocycles. The Bertz CT molecular complexity index is 968. The van der Waals surface area contributed by atoms with E-state index in [0.717, 1.165) is 6.42 Å². The minimum atomic E-state index is -0.691. The van der Waals surface area contributed by atoms with Crippen molar-refractivity contribution in [3.63, 3.8) is 0 Å². The number of hydrogen-bond acceptors (Lipinski definition) is 8. The maximum atomic E-state index is 12.4. The molecule has 2 aromatic rings. The molecule has 31 heavy (non-hydrogen) atoms. The van der Waals surface area contributed by atoms with Crippen molar-refractivity contribution >= 4 is 35.3 Å². The van der Waals surface area contributed by atoms with Gasteiger partial charge in [-0.05, 0) is 37.6 Å². The van der Waals surface area contributed by atoms with Gasteiger partial charge in [0.1, 0.15) is 5.76 Å². The van der Waals surface area contributed by atoms with Gasteiger partial charge in [0.25, 0.3) is 5.91 Å². The number of rotatable bonds is 8. The van der Waals surface area contributed by atoms with Gasteiger partial charge in [-0.2, -0.15) is 0 Å².